The maximum atomic E-state index is 12.5. The number of aromatic nitrogens is 4. The summed E-state index contributed by atoms with van der Waals surface area (Å²) in [6, 6.07) is 4.71. The van der Waals surface area contributed by atoms with Crippen LogP contribution in [0.25, 0.3) is 11.2 Å². The molecule has 0 unspecified atom stereocenters. The van der Waals surface area contributed by atoms with Gasteiger partial charge >= 0.3 is 11.7 Å². The fourth-order valence-electron chi connectivity index (χ4n) is 2.53. The zero-order chi connectivity index (χ0) is 19.2. The number of fused-ring (bicyclic) bond motifs is 1. The molecule has 1 aromatic carbocycles. The van der Waals surface area contributed by atoms with Crippen LogP contribution in [0.5, 0.6) is 0 Å². The summed E-state index contributed by atoms with van der Waals surface area (Å²) in [5, 5.41) is 12.8. The highest BCUT2D eigenvalue weighted by molar-refractivity contribution is 6.42. The summed E-state index contributed by atoms with van der Waals surface area (Å²) in [7, 11) is 2.76. The lowest BCUT2D eigenvalue weighted by atomic mass is 10.3. The molecule has 0 radical (unpaired) electrons. The first-order chi connectivity index (χ1) is 12.2. The normalized spacial score (nSPS) is 11.1. The van der Waals surface area contributed by atoms with Crippen molar-refractivity contribution in [3.05, 3.63) is 49.1 Å². The van der Waals surface area contributed by atoms with Crippen molar-refractivity contribution >= 4 is 52.0 Å². The molecule has 0 fully saturated rings. The second-order valence-electron chi connectivity index (χ2n) is 5.55. The molecule has 11 heteroatoms. The predicted octanol–water partition coefficient (Wildman–Crippen LogP) is 1.57. The first kappa shape index (κ1) is 18.0. The van der Waals surface area contributed by atoms with Gasteiger partial charge in [0.2, 0.25) is 5.95 Å². The number of benzene rings is 1. The second-order valence-corrected chi connectivity index (χ2v) is 6.36. The number of aryl methyl sites for hydroxylation is 1. The molecule has 0 saturated heterocycles. The van der Waals surface area contributed by atoms with Crippen LogP contribution in [0.2, 0.25) is 10.0 Å². The van der Waals surface area contributed by atoms with Crippen LogP contribution in [-0.4, -0.2) is 29.8 Å². The van der Waals surface area contributed by atoms with Gasteiger partial charge in [-0.15, -0.1) is 0 Å². The Hall–Kier alpha value is -2.78. The molecule has 2 heterocycles. The summed E-state index contributed by atoms with van der Waals surface area (Å²) < 4.78 is 3.27. The number of aliphatic carboxylic acids is 1. The maximum Gasteiger partial charge on any atom is 0.332 e. The monoisotopic (exact) mass is 397 g/mol. The van der Waals surface area contributed by atoms with E-state index in [1.54, 1.807) is 12.1 Å². The van der Waals surface area contributed by atoms with Gasteiger partial charge in [0, 0.05) is 19.8 Å². The van der Waals surface area contributed by atoms with Crippen molar-refractivity contribution in [3.8, 4) is 0 Å². The summed E-state index contributed by atoms with van der Waals surface area (Å²) in [4.78, 5) is 40.1. The first-order valence-corrected chi connectivity index (χ1v) is 8.06. The number of hydrogen-bond acceptors (Lipinski definition) is 5. The van der Waals surface area contributed by atoms with Gasteiger partial charge in [-0.1, -0.05) is 23.2 Å². The molecular formula is C15H13Cl2N5O4. The predicted molar refractivity (Wildman–Crippen MR) is 97.6 cm³/mol. The Bertz CT molecular complexity index is 1160. The third kappa shape index (κ3) is 2.95. The van der Waals surface area contributed by atoms with Gasteiger partial charge in [-0.3, -0.25) is 23.3 Å². The van der Waals surface area contributed by atoms with E-state index in [-0.39, 0.29) is 17.1 Å². The van der Waals surface area contributed by atoms with Crippen molar-refractivity contribution in [1.82, 2.24) is 18.7 Å². The molecule has 3 aromatic rings. The summed E-state index contributed by atoms with van der Waals surface area (Å²) in [5.41, 5.74) is -0.646. The number of rotatable bonds is 4. The fourth-order valence-corrected chi connectivity index (χ4v) is 2.83. The van der Waals surface area contributed by atoms with Crippen molar-refractivity contribution in [2.75, 3.05) is 5.32 Å². The zero-order valence-electron chi connectivity index (χ0n) is 13.7. The highest BCUT2D eigenvalue weighted by atomic mass is 35.5. The minimum atomic E-state index is -1.17. The van der Waals surface area contributed by atoms with Crippen LogP contribution < -0.4 is 16.6 Å². The topological polar surface area (TPSA) is 111 Å². The molecule has 136 valence electrons. The zero-order valence-corrected chi connectivity index (χ0v) is 15.2. The number of nitrogens with zero attached hydrogens (tertiary/aromatic N) is 4. The van der Waals surface area contributed by atoms with E-state index in [1.165, 1.54) is 29.3 Å². The minimum absolute atomic E-state index is 0.000407. The molecule has 2 N–H and O–H groups in total. The molecule has 9 nitrogen and oxygen atoms in total. The highest BCUT2D eigenvalue weighted by Crippen LogP contribution is 2.27. The number of carboxylic acid groups (broad SMARTS) is 1. The number of halogens is 2. The Morgan fingerprint density at radius 2 is 1.88 bits per heavy atom. The van der Waals surface area contributed by atoms with Gasteiger partial charge in [-0.25, -0.2) is 4.79 Å². The van der Waals surface area contributed by atoms with Crippen molar-refractivity contribution in [1.29, 1.82) is 0 Å². The van der Waals surface area contributed by atoms with Crippen molar-refractivity contribution < 1.29 is 9.90 Å². The highest BCUT2D eigenvalue weighted by Gasteiger charge is 2.20. The molecule has 0 aliphatic heterocycles. The third-order valence-corrected chi connectivity index (χ3v) is 4.56. The third-order valence-electron chi connectivity index (χ3n) is 3.82. The van der Waals surface area contributed by atoms with E-state index in [4.69, 9.17) is 23.2 Å². The molecule has 0 atom stereocenters. The number of carbonyl (C=O) groups is 1. The number of anilines is 2. The van der Waals surface area contributed by atoms with Crippen molar-refractivity contribution in [2.24, 2.45) is 14.1 Å². The van der Waals surface area contributed by atoms with E-state index >= 15 is 0 Å². The minimum Gasteiger partial charge on any atom is -0.480 e. The van der Waals surface area contributed by atoms with E-state index in [0.717, 1.165) is 4.57 Å². The van der Waals surface area contributed by atoms with Crippen LogP contribution in [-0.2, 0) is 25.4 Å². The van der Waals surface area contributed by atoms with Gasteiger partial charge in [-0.2, -0.15) is 4.98 Å². The van der Waals surface area contributed by atoms with Gasteiger partial charge in [0.15, 0.2) is 11.2 Å². The summed E-state index contributed by atoms with van der Waals surface area (Å²) in [5.74, 6) is -1.09. The average molecular weight is 398 g/mol. The van der Waals surface area contributed by atoms with E-state index in [2.05, 4.69) is 10.3 Å². The van der Waals surface area contributed by atoms with Gasteiger partial charge in [0.1, 0.15) is 6.54 Å². The van der Waals surface area contributed by atoms with Gasteiger partial charge < -0.3 is 10.4 Å². The number of carboxylic acids is 1. The smallest absolute Gasteiger partial charge is 0.332 e. The second kappa shape index (κ2) is 6.50. The van der Waals surface area contributed by atoms with Crippen LogP contribution in [0.1, 0.15) is 0 Å². The summed E-state index contributed by atoms with van der Waals surface area (Å²) in [6.07, 6.45) is 0. The molecule has 0 spiro atoms. The Labute approximate surface area is 156 Å². The Balaban J connectivity index is 2.27. The number of imidazole rings is 1. The lowest BCUT2D eigenvalue weighted by Gasteiger charge is -2.09. The van der Waals surface area contributed by atoms with Crippen LogP contribution in [0, 0.1) is 0 Å². The largest absolute Gasteiger partial charge is 0.480 e. The molecule has 3 rings (SSSR count). The van der Waals surface area contributed by atoms with Gasteiger partial charge in [-0.05, 0) is 18.2 Å². The quantitative estimate of drug-likeness (QED) is 0.690. The molecule has 0 aliphatic rings. The SMILES string of the molecule is Cn1c(=O)c2c(nc(Nc3ccc(Cl)c(Cl)c3)n2CC(=O)O)n(C)c1=O. The van der Waals surface area contributed by atoms with Crippen LogP contribution in [0.15, 0.2) is 27.8 Å². The Morgan fingerprint density at radius 3 is 2.50 bits per heavy atom. The van der Waals surface area contributed by atoms with Crippen molar-refractivity contribution in [3.63, 3.8) is 0 Å². The first-order valence-electron chi connectivity index (χ1n) is 7.31. The Morgan fingerprint density at radius 1 is 1.19 bits per heavy atom. The van der Waals surface area contributed by atoms with Crippen LogP contribution in [0.4, 0.5) is 11.6 Å². The van der Waals surface area contributed by atoms with Gasteiger partial charge in [0.25, 0.3) is 5.56 Å². The number of nitrogens with one attached hydrogen (secondary N) is 1. The van der Waals surface area contributed by atoms with E-state index in [0.29, 0.717) is 15.7 Å². The molecule has 0 saturated carbocycles. The van der Waals surface area contributed by atoms with E-state index in [9.17, 15) is 19.5 Å². The summed E-state index contributed by atoms with van der Waals surface area (Å²) >= 11 is 11.9. The molecule has 26 heavy (non-hydrogen) atoms. The van der Waals surface area contributed by atoms with Crippen LogP contribution in [0.3, 0.4) is 0 Å². The lowest BCUT2D eigenvalue weighted by molar-refractivity contribution is -0.137. The maximum absolute atomic E-state index is 12.5. The molecular weight excluding hydrogens is 385 g/mol. The average Bonchev–Trinajstić information content (AvgIpc) is 2.92. The standard InChI is InChI=1S/C15H13Cl2N5O4/c1-20-12-11(13(25)21(2)15(20)26)22(6-10(23)24)14(19-12)18-7-3-4-8(16)9(17)5-7/h3-5H,6H2,1-2H3,(H,18,19)(H,23,24). The van der Waals surface area contributed by atoms with E-state index in [1.807, 2.05) is 0 Å². The van der Waals surface area contributed by atoms with Crippen molar-refractivity contribution in [2.45, 2.75) is 6.54 Å². The lowest BCUT2D eigenvalue weighted by Crippen LogP contribution is -2.37. The van der Waals surface area contributed by atoms with Crippen LogP contribution >= 0.6 is 23.2 Å². The number of hydrogen-bond donors (Lipinski definition) is 2. The molecule has 0 amide bonds. The fraction of sp³-hybridized carbons (Fsp3) is 0.200. The molecule has 2 aromatic heterocycles. The Kier molecular flexibility index (Phi) is 4.51. The molecule has 0 bridgehead atoms. The summed E-state index contributed by atoms with van der Waals surface area (Å²) in [6.45, 7) is -0.520. The van der Waals surface area contributed by atoms with E-state index < -0.39 is 23.8 Å². The molecule has 0 aliphatic carbocycles. The van der Waals surface area contributed by atoms with Gasteiger partial charge in [0.05, 0.1) is 10.0 Å².